The monoisotopic (exact) mass is 427 g/mol. The van der Waals surface area contributed by atoms with Gasteiger partial charge in [0.05, 0.1) is 23.3 Å². The largest absolute Gasteiger partial charge is 0.460 e. The van der Waals surface area contributed by atoms with Crippen LogP contribution < -0.4 is 0 Å². The minimum atomic E-state index is -5.00. The lowest BCUT2D eigenvalue weighted by Gasteiger charge is -2.13. The van der Waals surface area contributed by atoms with Gasteiger partial charge in [-0.05, 0) is 32.0 Å². The molecule has 28 heavy (non-hydrogen) atoms. The van der Waals surface area contributed by atoms with Crippen LogP contribution in [0.4, 0.5) is 26.3 Å². The molecule has 0 aliphatic rings. The number of hydrogen-bond donors (Lipinski definition) is 0. The van der Waals surface area contributed by atoms with Gasteiger partial charge in [-0.3, -0.25) is 0 Å². The molecule has 0 aliphatic heterocycles. The lowest BCUT2D eigenvalue weighted by atomic mass is 10.0. The number of benzene rings is 1. The Morgan fingerprint density at radius 3 is 2.11 bits per heavy atom. The summed E-state index contributed by atoms with van der Waals surface area (Å²) >= 11 is 5.85. The fourth-order valence-electron chi connectivity index (χ4n) is 2.01. The summed E-state index contributed by atoms with van der Waals surface area (Å²) < 4.78 is 83.3. The van der Waals surface area contributed by atoms with E-state index in [9.17, 15) is 31.1 Å². The molecule has 0 N–H and O–H groups in total. The standard InChI is InChI=1S/C16H12ClF6N3O2/c1-8(2)28-13(27)6-12(17)26-7-24-14(25-26)9-3-10(15(18,19)20)5-11(4-9)16(21,22)23/h3-8H,1-2H3/b12-6+. The highest BCUT2D eigenvalue weighted by Crippen LogP contribution is 2.38. The minimum Gasteiger partial charge on any atom is -0.460 e. The van der Waals surface area contributed by atoms with Crippen molar-refractivity contribution in [1.82, 2.24) is 14.8 Å². The van der Waals surface area contributed by atoms with E-state index in [0.29, 0.717) is 12.1 Å². The summed E-state index contributed by atoms with van der Waals surface area (Å²) in [6.07, 6.45) is -8.66. The molecule has 152 valence electrons. The van der Waals surface area contributed by atoms with Gasteiger partial charge in [0.25, 0.3) is 0 Å². The smallest absolute Gasteiger partial charge is 0.416 e. The average molecular weight is 428 g/mol. The molecule has 0 spiro atoms. The summed E-state index contributed by atoms with van der Waals surface area (Å²) in [6.45, 7) is 3.19. The number of carbonyl (C=O) groups excluding carboxylic acids is 1. The number of esters is 1. The van der Waals surface area contributed by atoms with Crippen LogP contribution in [0, 0.1) is 0 Å². The third-order valence-electron chi connectivity index (χ3n) is 3.15. The van der Waals surface area contributed by atoms with E-state index in [1.54, 1.807) is 13.8 Å². The zero-order chi connectivity index (χ0) is 21.3. The van der Waals surface area contributed by atoms with E-state index < -0.39 is 46.9 Å². The van der Waals surface area contributed by atoms with Crippen LogP contribution in [0.25, 0.3) is 16.5 Å². The van der Waals surface area contributed by atoms with Crippen LogP contribution >= 0.6 is 11.6 Å². The number of rotatable bonds is 4. The molecular formula is C16H12ClF6N3O2. The summed E-state index contributed by atoms with van der Waals surface area (Å²) in [7, 11) is 0. The quantitative estimate of drug-likeness (QED) is 0.393. The van der Waals surface area contributed by atoms with Gasteiger partial charge in [0.2, 0.25) is 0 Å². The molecule has 1 heterocycles. The second-order valence-electron chi connectivity index (χ2n) is 5.76. The number of hydrogen-bond acceptors (Lipinski definition) is 4. The Hall–Kier alpha value is -2.56. The average Bonchev–Trinajstić information content (AvgIpc) is 3.02. The molecule has 0 saturated heterocycles. The fraction of sp³-hybridized carbons (Fsp3) is 0.312. The van der Waals surface area contributed by atoms with Gasteiger partial charge in [-0.1, -0.05) is 11.6 Å². The Labute approximate surface area is 159 Å². The molecule has 2 aromatic rings. The first-order chi connectivity index (χ1) is 12.8. The highest BCUT2D eigenvalue weighted by atomic mass is 35.5. The van der Waals surface area contributed by atoms with Crippen molar-refractivity contribution >= 4 is 22.7 Å². The van der Waals surface area contributed by atoms with E-state index in [4.69, 9.17) is 16.3 Å². The van der Waals surface area contributed by atoms with Gasteiger partial charge in [0, 0.05) is 5.56 Å². The van der Waals surface area contributed by atoms with Crippen molar-refractivity contribution in [3.8, 4) is 11.4 Å². The first kappa shape index (κ1) is 21.7. The summed E-state index contributed by atoms with van der Waals surface area (Å²) in [5.41, 5.74) is -3.53. The van der Waals surface area contributed by atoms with Crippen molar-refractivity contribution < 1.29 is 35.9 Å². The van der Waals surface area contributed by atoms with Gasteiger partial charge >= 0.3 is 18.3 Å². The second kappa shape index (κ2) is 7.82. The number of aromatic nitrogens is 3. The summed E-state index contributed by atoms with van der Waals surface area (Å²) in [5.74, 6) is -1.25. The van der Waals surface area contributed by atoms with Gasteiger partial charge in [-0.15, -0.1) is 5.10 Å². The molecule has 12 heteroatoms. The zero-order valence-corrected chi connectivity index (χ0v) is 15.0. The first-order valence-electron chi connectivity index (χ1n) is 7.57. The third kappa shape index (κ3) is 5.47. The second-order valence-corrected chi connectivity index (χ2v) is 6.15. The van der Waals surface area contributed by atoms with Crippen molar-refractivity contribution in [2.24, 2.45) is 0 Å². The maximum Gasteiger partial charge on any atom is 0.416 e. The van der Waals surface area contributed by atoms with Gasteiger partial charge in [0.1, 0.15) is 11.5 Å². The third-order valence-corrected chi connectivity index (χ3v) is 3.43. The van der Waals surface area contributed by atoms with E-state index in [0.717, 1.165) is 17.1 Å². The number of nitrogens with zero attached hydrogens (tertiary/aromatic N) is 3. The normalized spacial score (nSPS) is 13.1. The lowest BCUT2D eigenvalue weighted by molar-refractivity contribution is -0.143. The topological polar surface area (TPSA) is 57.0 Å². The van der Waals surface area contributed by atoms with E-state index >= 15 is 0 Å². The zero-order valence-electron chi connectivity index (χ0n) is 14.3. The number of ether oxygens (including phenoxy) is 1. The van der Waals surface area contributed by atoms with E-state index in [-0.39, 0.29) is 11.2 Å². The van der Waals surface area contributed by atoms with Crippen LogP contribution in [0.3, 0.4) is 0 Å². The Balaban J connectivity index is 2.44. The highest BCUT2D eigenvalue weighted by molar-refractivity contribution is 6.46. The minimum absolute atomic E-state index is 0.00467. The fourth-order valence-corrected chi connectivity index (χ4v) is 2.18. The number of halogens is 7. The molecule has 1 aromatic carbocycles. The van der Waals surface area contributed by atoms with Gasteiger partial charge in [0.15, 0.2) is 5.82 Å². The molecule has 0 aliphatic carbocycles. The molecule has 0 saturated carbocycles. The lowest BCUT2D eigenvalue weighted by Crippen LogP contribution is -2.11. The van der Waals surface area contributed by atoms with E-state index in [2.05, 4.69) is 10.1 Å². The van der Waals surface area contributed by atoms with Crippen LogP contribution in [0.15, 0.2) is 30.6 Å². The molecular weight excluding hydrogens is 416 g/mol. The van der Waals surface area contributed by atoms with Crippen molar-refractivity contribution in [3.05, 3.63) is 41.7 Å². The maximum atomic E-state index is 12.9. The van der Waals surface area contributed by atoms with Gasteiger partial charge in [-0.25, -0.2) is 14.5 Å². The molecule has 0 bridgehead atoms. The Morgan fingerprint density at radius 2 is 1.64 bits per heavy atom. The Kier molecular flexibility index (Phi) is 6.07. The van der Waals surface area contributed by atoms with E-state index in [1.165, 1.54) is 0 Å². The SMILES string of the molecule is CC(C)OC(=O)/C=C(\Cl)n1cnc(-c2cc(C(F)(F)F)cc(C(F)(F)F)c2)n1. The summed E-state index contributed by atoms with van der Waals surface area (Å²) in [4.78, 5) is 15.2. The van der Waals surface area contributed by atoms with Gasteiger partial charge < -0.3 is 4.74 Å². The predicted octanol–water partition coefficient (Wildman–Crippen LogP) is 4.97. The molecule has 0 unspecified atom stereocenters. The van der Waals surface area contributed by atoms with Crippen LogP contribution in [-0.4, -0.2) is 26.8 Å². The van der Waals surface area contributed by atoms with Crippen LogP contribution in [0.1, 0.15) is 25.0 Å². The molecule has 2 rings (SSSR count). The molecule has 0 amide bonds. The molecule has 5 nitrogen and oxygen atoms in total. The van der Waals surface area contributed by atoms with Crippen LogP contribution in [0.2, 0.25) is 0 Å². The Morgan fingerprint density at radius 1 is 1.11 bits per heavy atom. The number of carbonyl (C=O) groups is 1. The molecule has 0 fully saturated rings. The molecule has 1 aromatic heterocycles. The van der Waals surface area contributed by atoms with Crippen LogP contribution in [0.5, 0.6) is 0 Å². The van der Waals surface area contributed by atoms with Crippen molar-refractivity contribution in [2.75, 3.05) is 0 Å². The maximum absolute atomic E-state index is 12.9. The van der Waals surface area contributed by atoms with Crippen molar-refractivity contribution in [2.45, 2.75) is 32.3 Å². The van der Waals surface area contributed by atoms with E-state index in [1.807, 2.05) is 0 Å². The van der Waals surface area contributed by atoms with Crippen molar-refractivity contribution in [1.29, 1.82) is 0 Å². The molecule has 0 radical (unpaired) electrons. The first-order valence-corrected chi connectivity index (χ1v) is 7.95. The molecule has 0 atom stereocenters. The highest BCUT2D eigenvalue weighted by Gasteiger charge is 2.37. The number of alkyl halides is 6. The Bertz CT molecular complexity index is 870. The predicted molar refractivity (Wildman–Crippen MR) is 86.8 cm³/mol. The van der Waals surface area contributed by atoms with Crippen LogP contribution in [-0.2, 0) is 21.9 Å². The summed E-state index contributed by atoms with van der Waals surface area (Å²) in [6, 6.07) is 0.967. The summed E-state index contributed by atoms with van der Waals surface area (Å²) in [5, 5.41) is 3.41. The van der Waals surface area contributed by atoms with Crippen molar-refractivity contribution in [3.63, 3.8) is 0 Å². The van der Waals surface area contributed by atoms with Gasteiger partial charge in [-0.2, -0.15) is 26.3 Å².